The predicted molar refractivity (Wildman–Crippen MR) is 47.6 cm³/mol. The van der Waals surface area contributed by atoms with Crippen molar-refractivity contribution in [1.82, 2.24) is 0 Å². The largest absolute Gasteiger partial charge is 0.481 e. The minimum Gasteiger partial charge on any atom is -0.481 e. The third kappa shape index (κ3) is 14.1. The summed E-state index contributed by atoms with van der Waals surface area (Å²) in [6, 6.07) is 0. The standard InChI is InChI=1S/C9H16O4.Zn/c10-8(11)6-4-2-1-3-5-7-9(12)13;/h1-7H2,(H,10,11)(H,12,13);. The molecule has 2 N–H and O–H groups in total. The molecule has 0 unspecified atom stereocenters. The molecule has 0 radical (unpaired) electrons. The van der Waals surface area contributed by atoms with E-state index < -0.39 is 11.9 Å². The molecule has 0 fully saturated rings. The number of carboxylic acids is 2. The second-order valence-electron chi connectivity index (χ2n) is 3.06. The maximum atomic E-state index is 10.1. The van der Waals surface area contributed by atoms with Crippen LogP contribution in [0.2, 0.25) is 0 Å². The molecule has 0 spiro atoms. The normalized spacial score (nSPS) is 9.14. The Hall–Kier alpha value is -0.437. The minimum atomic E-state index is -0.759. The zero-order valence-corrected chi connectivity index (χ0v) is 11.3. The topological polar surface area (TPSA) is 74.6 Å². The van der Waals surface area contributed by atoms with Gasteiger partial charge in [-0.2, -0.15) is 0 Å². The van der Waals surface area contributed by atoms with Gasteiger partial charge in [-0.1, -0.05) is 19.3 Å². The fourth-order valence-electron chi connectivity index (χ4n) is 1.08. The zero-order valence-electron chi connectivity index (χ0n) is 8.37. The summed E-state index contributed by atoms with van der Waals surface area (Å²) < 4.78 is 0. The summed E-state index contributed by atoms with van der Waals surface area (Å²) in [5.41, 5.74) is 0. The zero-order chi connectivity index (χ0) is 10.1. The fourth-order valence-corrected chi connectivity index (χ4v) is 1.08. The fraction of sp³-hybridized carbons (Fsp3) is 0.778. The Morgan fingerprint density at radius 1 is 0.714 bits per heavy atom. The number of hydrogen-bond donors (Lipinski definition) is 2. The average Bonchev–Trinajstić information content (AvgIpc) is 2.01. The molecule has 0 rings (SSSR count). The number of rotatable bonds is 8. The van der Waals surface area contributed by atoms with Gasteiger partial charge in [0.15, 0.2) is 0 Å². The molecular formula is C9H16O4Zn. The van der Waals surface area contributed by atoms with E-state index in [9.17, 15) is 9.59 Å². The molecule has 0 saturated carbocycles. The van der Waals surface area contributed by atoms with Crippen molar-refractivity contribution < 1.29 is 39.3 Å². The summed E-state index contributed by atoms with van der Waals surface area (Å²) in [7, 11) is 0. The van der Waals surface area contributed by atoms with E-state index in [0.717, 1.165) is 19.3 Å². The number of unbranched alkanes of at least 4 members (excludes halogenated alkanes) is 4. The van der Waals surface area contributed by atoms with E-state index in [1.807, 2.05) is 0 Å². The summed E-state index contributed by atoms with van der Waals surface area (Å²) in [6.07, 6.45) is 4.53. The van der Waals surface area contributed by atoms with E-state index in [-0.39, 0.29) is 32.3 Å². The van der Waals surface area contributed by atoms with Crippen molar-refractivity contribution in [2.75, 3.05) is 0 Å². The van der Waals surface area contributed by atoms with Gasteiger partial charge in [0.2, 0.25) is 0 Å². The van der Waals surface area contributed by atoms with Gasteiger partial charge in [0, 0.05) is 32.3 Å². The van der Waals surface area contributed by atoms with Gasteiger partial charge in [-0.25, -0.2) is 0 Å². The molecular weight excluding hydrogens is 237 g/mol. The number of carboxylic acid groups (broad SMARTS) is 2. The third-order valence-corrected chi connectivity index (χ3v) is 1.78. The minimum absolute atomic E-state index is 0. The van der Waals surface area contributed by atoms with Gasteiger partial charge >= 0.3 is 11.9 Å². The predicted octanol–water partition coefficient (Wildman–Crippen LogP) is 1.88. The van der Waals surface area contributed by atoms with Crippen LogP contribution in [0, 0.1) is 0 Å². The van der Waals surface area contributed by atoms with E-state index in [1.54, 1.807) is 0 Å². The molecule has 0 bridgehead atoms. The van der Waals surface area contributed by atoms with Crippen molar-refractivity contribution in [2.24, 2.45) is 0 Å². The molecule has 0 aliphatic rings. The van der Waals surface area contributed by atoms with Gasteiger partial charge in [0.25, 0.3) is 0 Å². The molecule has 4 nitrogen and oxygen atoms in total. The molecule has 0 aromatic rings. The van der Waals surface area contributed by atoms with Crippen LogP contribution in [0.5, 0.6) is 0 Å². The Kier molecular flexibility index (Phi) is 12.2. The first-order valence-corrected chi connectivity index (χ1v) is 4.56. The SMILES string of the molecule is O=C(O)CCCCCCCC(=O)O.[Zn]. The van der Waals surface area contributed by atoms with Crippen molar-refractivity contribution in [1.29, 1.82) is 0 Å². The maximum absolute atomic E-state index is 10.1. The van der Waals surface area contributed by atoms with Crippen molar-refractivity contribution in [3.8, 4) is 0 Å². The number of hydrogen-bond acceptors (Lipinski definition) is 2. The molecule has 0 aromatic heterocycles. The van der Waals surface area contributed by atoms with E-state index >= 15 is 0 Å². The third-order valence-electron chi connectivity index (χ3n) is 1.78. The molecule has 0 aliphatic heterocycles. The molecule has 0 heterocycles. The van der Waals surface area contributed by atoms with Crippen molar-refractivity contribution in [3.05, 3.63) is 0 Å². The van der Waals surface area contributed by atoms with Crippen LogP contribution in [0.3, 0.4) is 0 Å². The van der Waals surface area contributed by atoms with E-state index in [1.165, 1.54) is 0 Å². The van der Waals surface area contributed by atoms with Gasteiger partial charge in [-0.15, -0.1) is 0 Å². The van der Waals surface area contributed by atoms with Crippen molar-refractivity contribution in [2.45, 2.75) is 44.9 Å². The van der Waals surface area contributed by atoms with E-state index in [4.69, 9.17) is 10.2 Å². The van der Waals surface area contributed by atoms with Gasteiger partial charge in [0.1, 0.15) is 0 Å². The summed E-state index contributed by atoms with van der Waals surface area (Å²) in [6.45, 7) is 0. The first-order valence-electron chi connectivity index (χ1n) is 4.56. The van der Waals surface area contributed by atoms with Gasteiger partial charge in [-0.3, -0.25) is 9.59 Å². The molecule has 0 aliphatic carbocycles. The van der Waals surface area contributed by atoms with Gasteiger partial charge < -0.3 is 10.2 Å². The average molecular weight is 254 g/mol. The second kappa shape index (κ2) is 10.6. The summed E-state index contributed by atoms with van der Waals surface area (Å²) in [5, 5.41) is 16.6. The maximum Gasteiger partial charge on any atom is 0.303 e. The van der Waals surface area contributed by atoms with Crippen molar-refractivity contribution >= 4 is 11.9 Å². The monoisotopic (exact) mass is 252 g/mol. The second-order valence-corrected chi connectivity index (χ2v) is 3.06. The van der Waals surface area contributed by atoms with Crippen LogP contribution in [0.4, 0.5) is 0 Å². The van der Waals surface area contributed by atoms with Gasteiger partial charge in [-0.05, 0) is 12.8 Å². The molecule has 0 atom stereocenters. The molecule has 0 aromatic carbocycles. The summed E-state index contributed by atoms with van der Waals surface area (Å²) >= 11 is 0. The number of aliphatic carboxylic acids is 2. The van der Waals surface area contributed by atoms with Crippen LogP contribution in [0.25, 0.3) is 0 Å². The Labute approximate surface area is 96.5 Å². The van der Waals surface area contributed by atoms with Crippen LogP contribution >= 0.6 is 0 Å². The smallest absolute Gasteiger partial charge is 0.303 e. The Balaban J connectivity index is 0. The Morgan fingerprint density at radius 3 is 1.29 bits per heavy atom. The van der Waals surface area contributed by atoms with Crippen LogP contribution in [0.15, 0.2) is 0 Å². The van der Waals surface area contributed by atoms with E-state index in [0.29, 0.717) is 12.8 Å². The Morgan fingerprint density at radius 2 is 1.00 bits per heavy atom. The molecule has 0 saturated heterocycles. The number of carbonyl (C=O) groups is 2. The van der Waals surface area contributed by atoms with Crippen LogP contribution < -0.4 is 0 Å². The van der Waals surface area contributed by atoms with Crippen LogP contribution in [0.1, 0.15) is 44.9 Å². The summed E-state index contributed by atoms with van der Waals surface area (Å²) in [4.78, 5) is 20.2. The quantitative estimate of drug-likeness (QED) is 0.512. The molecule has 0 amide bonds. The van der Waals surface area contributed by atoms with Crippen LogP contribution in [-0.4, -0.2) is 22.2 Å². The Bertz CT molecular complexity index is 152. The van der Waals surface area contributed by atoms with Gasteiger partial charge in [0.05, 0.1) is 0 Å². The molecule has 14 heavy (non-hydrogen) atoms. The summed E-state index contributed by atoms with van der Waals surface area (Å²) in [5.74, 6) is -1.52. The molecule has 5 heteroatoms. The molecule has 78 valence electrons. The first-order chi connectivity index (χ1) is 6.13. The first kappa shape index (κ1) is 16.0. The van der Waals surface area contributed by atoms with E-state index in [2.05, 4.69) is 0 Å². The van der Waals surface area contributed by atoms with Crippen LogP contribution in [-0.2, 0) is 29.1 Å². The van der Waals surface area contributed by atoms with Crippen molar-refractivity contribution in [3.63, 3.8) is 0 Å².